The molecule has 4 heteroatoms. The van der Waals surface area contributed by atoms with Crippen LogP contribution in [0.5, 0.6) is 0 Å². The van der Waals surface area contributed by atoms with Gasteiger partial charge in [0.15, 0.2) is 0 Å². The Hall–Kier alpha value is -1.32. The van der Waals surface area contributed by atoms with Crippen LogP contribution in [0.2, 0.25) is 0 Å². The van der Waals surface area contributed by atoms with Crippen LogP contribution in [-0.2, 0) is 23.0 Å². The molecule has 0 atom stereocenters. The number of aryl methyl sites for hydroxylation is 2. The number of carbonyl (C=O) groups excluding carboxylic acids is 1. The van der Waals surface area contributed by atoms with Crippen LogP contribution >= 0.6 is 0 Å². The van der Waals surface area contributed by atoms with Gasteiger partial charge in [0.1, 0.15) is 0 Å². The van der Waals surface area contributed by atoms with Crippen molar-refractivity contribution < 1.29 is 9.53 Å². The maximum absolute atomic E-state index is 9.82. The molecule has 1 aromatic rings. The van der Waals surface area contributed by atoms with Crippen molar-refractivity contribution in [3.63, 3.8) is 0 Å². The monoisotopic (exact) mass is 168 g/mol. The molecule has 66 valence electrons. The number of rotatable bonds is 4. The van der Waals surface area contributed by atoms with Gasteiger partial charge in [0.25, 0.3) is 6.47 Å². The Morgan fingerprint density at radius 3 is 3.00 bits per heavy atom. The molecule has 1 heterocycles. The lowest BCUT2D eigenvalue weighted by atomic mass is 10.3. The maximum Gasteiger partial charge on any atom is 0.293 e. The van der Waals surface area contributed by atoms with Crippen molar-refractivity contribution >= 4 is 6.47 Å². The summed E-state index contributed by atoms with van der Waals surface area (Å²) in [7, 11) is 1.89. The molecule has 0 saturated carbocycles. The highest BCUT2D eigenvalue weighted by Gasteiger charge is 1.99. The first kappa shape index (κ1) is 8.77. The summed E-state index contributed by atoms with van der Waals surface area (Å²) in [5.41, 5.74) is 2.06. The van der Waals surface area contributed by atoms with Gasteiger partial charge in [-0.1, -0.05) is 0 Å². The first-order valence-electron chi connectivity index (χ1n) is 3.79. The van der Waals surface area contributed by atoms with Gasteiger partial charge in [0.2, 0.25) is 0 Å². The lowest BCUT2D eigenvalue weighted by Gasteiger charge is -1.93. The molecule has 0 radical (unpaired) electrons. The zero-order valence-corrected chi connectivity index (χ0v) is 7.28. The molecule has 1 rings (SSSR count). The molecular weight excluding hydrogens is 156 g/mol. The third-order valence-corrected chi connectivity index (χ3v) is 1.71. The molecule has 4 nitrogen and oxygen atoms in total. The van der Waals surface area contributed by atoms with Gasteiger partial charge < -0.3 is 4.74 Å². The first-order valence-corrected chi connectivity index (χ1v) is 3.79. The number of ether oxygens (including phenoxy) is 1. The molecule has 0 fully saturated rings. The van der Waals surface area contributed by atoms with Crippen molar-refractivity contribution in [3.05, 3.63) is 17.5 Å². The van der Waals surface area contributed by atoms with E-state index in [2.05, 4.69) is 9.84 Å². The van der Waals surface area contributed by atoms with E-state index in [1.807, 2.05) is 20.0 Å². The molecule has 0 aromatic carbocycles. The zero-order valence-electron chi connectivity index (χ0n) is 7.28. The third kappa shape index (κ3) is 2.08. The van der Waals surface area contributed by atoms with Gasteiger partial charge >= 0.3 is 0 Å². The fourth-order valence-corrected chi connectivity index (χ4v) is 0.969. The second-order valence-electron chi connectivity index (χ2n) is 2.62. The van der Waals surface area contributed by atoms with Crippen molar-refractivity contribution in [2.45, 2.75) is 13.3 Å². The molecule has 0 bridgehead atoms. The summed E-state index contributed by atoms with van der Waals surface area (Å²) in [6.07, 6.45) is 0.681. The number of hydrogen-bond acceptors (Lipinski definition) is 3. The van der Waals surface area contributed by atoms with Crippen LogP contribution in [0, 0.1) is 6.92 Å². The van der Waals surface area contributed by atoms with Crippen LogP contribution < -0.4 is 0 Å². The second kappa shape index (κ2) is 3.90. The van der Waals surface area contributed by atoms with E-state index < -0.39 is 0 Å². The second-order valence-corrected chi connectivity index (χ2v) is 2.62. The maximum atomic E-state index is 9.82. The van der Waals surface area contributed by atoms with Crippen LogP contribution in [0.1, 0.15) is 11.4 Å². The summed E-state index contributed by atoms with van der Waals surface area (Å²) in [6, 6.07) is 1.98. The van der Waals surface area contributed by atoms with Crippen LogP contribution in [0.4, 0.5) is 0 Å². The van der Waals surface area contributed by atoms with E-state index in [0.29, 0.717) is 19.5 Å². The average Bonchev–Trinajstić information content (AvgIpc) is 2.32. The van der Waals surface area contributed by atoms with Crippen molar-refractivity contribution in [2.75, 3.05) is 6.61 Å². The fraction of sp³-hybridized carbons (Fsp3) is 0.500. The van der Waals surface area contributed by atoms with Crippen LogP contribution in [0.3, 0.4) is 0 Å². The summed E-state index contributed by atoms with van der Waals surface area (Å²) in [5, 5.41) is 4.20. The molecular formula is C8H12N2O2. The molecule has 12 heavy (non-hydrogen) atoms. The Balaban J connectivity index is 2.47. The molecule has 0 N–H and O–H groups in total. The minimum atomic E-state index is 0.403. The third-order valence-electron chi connectivity index (χ3n) is 1.71. The predicted molar refractivity (Wildman–Crippen MR) is 43.7 cm³/mol. The van der Waals surface area contributed by atoms with Crippen molar-refractivity contribution in [3.8, 4) is 0 Å². The van der Waals surface area contributed by atoms with E-state index in [4.69, 9.17) is 0 Å². The van der Waals surface area contributed by atoms with Gasteiger partial charge in [-0.25, -0.2) is 0 Å². The molecule has 0 unspecified atom stereocenters. The molecule has 1 aromatic heterocycles. The van der Waals surface area contributed by atoms with E-state index in [0.717, 1.165) is 11.4 Å². The van der Waals surface area contributed by atoms with Gasteiger partial charge in [-0.2, -0.15) is 5.10 Å². The van der Waals surface area contributed by atoms with Crippen molar-refractivity contribution in [1.29, 1.82) is 0 Å². The predicted octanol–water partition coefficient (Wildman–Crippen LogP) is 0.444. The summed E-state index contributed by atoms with van der Waals surface area (Å²) in [5.74, 6) is 0. The Morgan fingerprint density at radius 1 is 1.75 bits per heavy atom. The van der Waals surface area contributed by atoms with Crippen LogP contribution in [0.25, 0.3) is 0 Å². The van der Waals surface area contributed by atoms with Crippen LogP contribution in [-0.4, -0.2) is 22.9 Å². The average molecular weight is 168 g/mol. The molecule has 0 aliphatic rings. The van der Waals surface area contributed by atoms with Crippen molar-refractivity contribution in [2.24, 2.45) is 7.05 Å². The molecule has 0 aliphatic heterocycles. The van der Waals surface area contributed by atoms with E-state index in [1.165, 1.54) is 0 Å². The number of hydrogen-bond donors (Lipinski definition) is 0. The lowest BCUT2D eigenvalue weighted by molar-refractivity contribution is -0.128. The topological polar surface area (TPSA) is 44.1 Å². The molecule has 0 spiro atoms. The highest BCUT2D eigenvalue weighted by Crippen LogP contribution is 2.01. The van der Waals surface area contributed by atoms with Crippen molar-refractivity contribution in [1.82, 2.24) is 9.78 Å². The largest absolute Gasteiger partial charge is 0.467 e. The smallest absolute Gasteiger partial charge is 0.293 e. The van der Waals surface area contributed by atoms with Gasteiger partial charge in [-0.05, 0) is 13.0 Å². The van der Waals surface area contributed by atoms with Crippen LogP contribution in [0.15, 0.2) is 6.07 Å². The summed E-state index contributed by atoms with van der Waals surface area (Å²) >= 11 is 0. The summed E-state index contributed by atoms with van der Waals surface area (Å²) in [6.45, 7) is 2.84. The van der Waals surface area contributed by atoms with E-state index in [1.54, 1.807) is 4.68 Å². The Kier molecular flexibility index (Phi) is 2.85. The highest BCUT2D eigenvalue weighted by atomic mass is 16.5. The molecule has 0 amide bonds. The summed E-state index contributed by atoms with van der Waals surface area (Å²) < 4.78 is 6.36. The fourth-order valence-electron chi connectivity index (χ4n) is 0.969. The van der Waals surface area contributed by atoms with Gasteiger partial charge in [-0.3, -0.25) is 9.48 Å². The van der Waals surface area contributed by atoms with E-state index >= 15 is 0 Å². The normalized spacial score (nSPS) is 9.83. The number of carbonyl (C=O) groups is 1. The zero-order chi connectivity index (χ0) is 8.97. The number of nitrogens with zero attached hydrogens (tertiary/aromatic N) is 2. The Morgan fingerprint density at radius 2 is 2.50 bits per heavy atom. The van der Waals surface area contributed by atoms with Gasteiger partial charge in [-0.15, -0.1) is 0 Å². The SMILES string of the molecule is Cc1cc(CCOC=O)nn1C. The van der Waals surface area contributed by atoms with E-state index in [9.17, 15) is 4.79 Å². The summed E-state index contributed by atoms with van der Waals surface area (Å²) in [4.78, 5) is 9.82. The Labute approximate surface area is 71.1 Å². The molecule has 0 aliphatic carbocycles. The highest BCUT2D eigenvalue weighted by molar-refractivity contribution is 5.36. The quantitative estimate of drug-likeness (QED) is 0.484. The standard InChI is InChI=1S/C8H12N2O2/c1-7-5-8(9-10(7)2)3-4-12-6-11/h5-6H,3-4H2,1-2H3. The minimum absolute atomic E-state index is 0.403. The van der Waals surface area contributed by atoms with E-state index in [-0.39, 0.29) is 0 Å². The minimum Gasteiger partial charge on any atom is -0.467 e. The van der Waals surface area contributed by atoms with Gasteiger partial charge in [0.05, 0.1) is 12.3 Å². The lowest BCUT2D eigenvalue weighted by Crippen LogP contribution is -1.98. The first-order chi connectivity index (χ1) is 5.74. The van der Waals surface area contributed by atoms with Gasteiger partial charge in [0, 0.05) is 19.2 Å². The molecule has 0 saturated heterocycles. The number of aromatic nitrogens is 2. The Bertz CT molecular complexity index is 249.